The van der Waals surface area contributed by atoms with Crippen molar-refractivity contribution in [1.82, 2.24) is 0 Å². The topological polar surface area (TPSA) is 0 Å². The van der Waals surface area contributed by atoms with Gasteiger partial charge in [-0.15, -0.1) is 0 Å². The van der Waals surface area contributed by atoms with Gasteiger partial charge in [-0.1, -0.05) is 236 Å². The Morgan fingerprint density at radius 1 is 0.297 bits per heavy atom. The first-order chi connectivity index (χ1) is 31.4. The summed E-state index contributed by atoms with van der Waals surface area (Å²) in [6.45, 7) is 9.21. The Hall–Kier alpha value is -3.30. The Morgan fingerprint density at radius 3 is 0.953 bits per heavy atom. The maximum atomic E-state index is 3.83. The predicted octanol–water partition coefficient (Wildman–Crippen LogP) is 19.9. The standard InChI is InChI=1S/C62H80Br2/c1-5-9-13-17-21-25-29-51-37-33-49(45-53(51)31-27-23-19-15-11-7-3)35-41-57-59-43-39-56(64)48-62(59)58(60-44-40-55(63)47-61(57)60)42-36-50-34-38-52(30-26-22-18-14-10-6-2)54(46-50)32-28-24-20-16-12-8-4/h33-34,37-40,43-48H,5-32H2,1-4H3. The van der Waals surface area contributed by atoms with E-state index in [4.69, 9.17) is 0 Å². The second-order valence-electron chi connectivity index (χ2n) is 18.7. The molecular weight excluding hydrogens is 904 g/mol. The molecule has 0 atom stereocenters. The molecule has 0 aliphatic carbocycles. The summed E-state index contributed by atoms with van der Waals surface area (Å²) in [7, 11) is 0. The molecule has 0 radical (unpaired) electrons. The van der Waals surface area contributed by atoms with E-state index in [2.05, 4.69) is 156 Å². The van der Waals surface area contributed by atoms with Crippen molar-refractivity contribution in [3.8, 4) is 23.7 Å². The maximum Gasteiger partial charge on any atom is 0.0407 e. The Morgan fingerprint density at radius 2 is 0.609 bits per heavy atom. The van der Waals surface area contributed by atoms with Crippen molar-refractivity contribution in [2.45, 2.75) is 207 Å². The van der Waals surface area contributed by atoms with E-state index in [0.717, 1.165) is 65.6 Å². The lowest BCUT2D eigenvalue weighted by Crippen LogP contribution is -1.97. The van der Waals surface area contributed by atoms with Crippen LogP contribution in [0.15, 0.2) is 81.7 Å². The van der Waals surface area contributed by atoms with Gasteiger partial charge in [-0.3, -0.25) is 0 Å². The highest BCUT2D eigenvalue weighted by molar-refractivity contribution is 9.10. The summed E-state index contributed by atoms with van der Waals surface area (Å²) in [6.07, 6.45) is 36.5. The van der Waals surface area contributed by atoms with Gasteiger partial charge < -0.3 is 0 Å². The van der Waals surface area contributed by atoms with Crippen molar-refractivity contribution < 1.29 is 0 Å². The molecule has 0 fully saturated rings. The van der Waals surface area contributed by atoms with Gasteiger partial charge in [0.1, 0.15) is 0 Å². The molecule has 0 unspecified atom stereocenters. The monoisotopic (exact) mass is 982 g/mol. The van der Waals surface area contributed by atoms with E-state index in [0.29, 0.717) is 0 Å². The third-order valence-electron chi connectivity index (χ3n) is 13.3. The summed E-state index contributed by atoms with van der Waals surface area (Å²) in [4.78, 5) is 0. The summed E-state index contributed by atoms with van der Waals surface area (Å²) in [6, 6.07) is 27.4. The van der Waals surface area contributed by atoms with E-state index >= 15 is 0 Å². The van der Waals surface area contributed by atoms with Crippen LogP contribution >= 0.6 is 31.9 Å². The van der Waals surface area contributed by atoms with Gasteiger partial charge in [0.2, 0.25) is 0 Å². The minimum Gasteiger partial charge on any atom is -0.0654 e. The Kier molecular flexibility index (Phi) is 24.3. The summed E-state index contributed by atoms with van der Waals surface area (Å²) >= 11 is 7.66. The molecule has 0 aliphatic rings. The fourth-order valence-corrected chi connectivity index (χ4v) is 10.2. The average molecular weight is 985 g/mol. The lowest BCUT2D eigenvalue weighted by atomic mass is 9.91. The van der Waals surface area contributed by atoms with Gasteiger partial charge in [-0.2, -0.15) is 0 Å². The predicted molar refractivity (Wildman–Crippen MR) is 290 cm³/mol. The lowest BCUT2D eigenvalue weighted by Gasteiger charge is -2.13. The molecule has 5 aromatic rings. The first-order valence-corrected chi connectivity index (χ1v) is 27.7. The quantitative estimate of drug-likeness (QED) is 0.0266. The highest BCUT2D eigenvalue weighted by atomic mass is 79.9. The first-order valence-electron chi connectivity index (χ1n) is 26.1. The number of hydrogen-bond donors (Lipinski definition) is 0. The van der Waals surface area contributed by atoms with Crippen LogP contribution < -0.4 is 0 Å². The van der Waals surface area contributed by atoms with E-state index in [1.165, 1.54) is 189 Å². The van der Waals surface area contributed by atoms with E-state index in [9.17, 15) is 0 Å². The van der Waals surface area contributed by atoms with Crippen molar-refractivity contribution in [3.63, 3.8) is 0 Å². The average Bonchev–Trinajstić information content (AvgIpc) is 3.30. The number of benzene rings is 5. The largest absolute Gasteiger partial charge is 0.0654 e. The highest BCUT2D eigenvalue weighted by Crippen LogP contribution is 2.36. The van der Waals surface area contributed by atoms with Gasteiger partial charge in [0.25, 0.3) is 0 Å². The number of hydrogen-bond acceptors (Lipinski definition) is 0. The van der Waals surface area contributed by atoms with Crippen LogP contribution in [0, 0.1) is 23.7 Å². The maximum absolute atomic E-state index is 3.83. The molecule has 0 saturated heterocycles. The molecule has 0 saturated carbocycles. The smallest absolute Gasteiger partial charge is 0.0407 e. The van der Waals surface area contributed by atoms with E-state index in [-0.39, 0.29) is 0 Å². The molecule has 2 heteroatoms. The van der Waals surface area contributed by atoms with Crippen LogP contribution in [0.2, 0.25) is 0 Å². The van der Waals surface area contributed by atoms with Crippen LogP contribution in [-0.4, -0.2) is 0 Å². The normalized spacial score (nSPS) is 11.2. The molecule has 342 valence electrons. The fourth-order valence-electron chi connectivity index (χ4n) is 9.46. The third-order valence-corrected chi connectivity index (χ3v) is 14.3. The second kappa shape index (κ2) is 30.1. The fraction of sp³-hybridized carbons (Fsp3) is 0.516. The SMILES string of the molecule is CCCCCCCCc1ccc(C#Cc2c3ccc(Br)cc3c(C#Cc3ccc(CCCCCCCC)c(CCCCCCCC)c3)c3ccc(Br)cc23)cc1CCCCCCCC. The minimum absolute atomic E-state index is 1.05. The van der Waals surface area contributed by atoms with Crippen molar-refractivity contribution >= 4 is 53.4 Å². The van der Waals surface area contributed by atoms with Crippen molar-refractivity contribution in [2.75, 3.05) is 0 Å². The molecule has 0 bridgehead atoms. The van der Waals surface area contributed by atoms with Crippen LogP contribution in [0.3, 0.4) is 0 Å². The molecule has 5 aromatic carbocycles. The van der Waals surface area contributed by atoms with E-state index in [1.54, 1.807) is 0 Å². The molecule has 0 N–H and O–H groups in total. The second-order valence-corrected chi connectivity index (χ2v) is 20.5. The number of unbranched alkanes of at least 4 members (excludes halogenated alkanes) is 20. The van der Waals surface area contributed by atoms with Crippen LogP contribution in [0.1, 0.15) is 226 Å². The van der Waals surface area contributed by atoms with Gasteiger partial charge >= 0.3 is 0 Å². The van der Waals surface area contributed by atoms with Crippen molar-refractivity contribution in [2.24, 2.45) is 0 Å². The molecule has 0 spiro atoms. The summed E-state index contributed by atoms with van der Waals surface area (Å²) in [5.74, 6) is 14.9. The lowest BCUT2D eigenvalue weighted by molar-refractivity contribution is 0.599. The Bertz CT molecular complexity index is 2120. The van der Waals surface area contributed by atoms with Crippen molar-refractivity contribution in [1.29, 1.82) is 0 Å². The molecule has 0 aliphatic heterocycles. The summed E-state index contributed by atoms with van der Waals surface area (Å²) < 4.78 is 2.11. The molecule has 0 amide bonds. The van der Waals surface area contributed by atoms with Gasteiger partial charge in [-0.05, 0) is 133 Å². The van der Waals surface area contributed by atoms with Crippen LogP contribution in [-0.2, 0) is 25.7 Å². The first kappa shape index (κ1) is 51.7. The number of rotatable bonds is 28. The number of aryl methyl sites for hydroxylation is 4. The van der Waals surface area contributed by atoms with Crippen LogP contribution in [0.5, 0.6) is 0 Å². The molecule has 5 rings (SSSR count). The van der Waals surface area contributed by atoms with Crippen LogP contribution in [0.4, 0.5) is 0 Å². The van der Waals surface area contributed by atoms with Gasteiger partial charge in [-0.25, -0.2) is 0 Å². The minimum atomic E-state index is 1.05. The Balaban J connectivity index is 1.48. The van der Waals surface area contributed by atoms with Gasteiger partial charge in [0.05, 0.1) is 0 Å². The summed E-state index contributed by atoms with van der Waals surface area (Å²) in [5, 5.41) is 4.59. The molecule has 64 heavy (non-hydrogen) atoms. The molecule has 0 heterocycles. The highest BCUT2D eigenvalue weighted by Gasteiger charge is 2.14. The zero-order chi connectivity index (χ0) is 45.2. The zero-order valence-corrected chi connectivity index (χ0v) is 43.7. The third kappa shape index (κ3) is 17.2. The van der Waals surface area contributed by atoms with Gasteiger partial charge in [0, 0.05) is 42.0 Å². The van der Waals surface area contributed by atoms with E-state index < -0.39 is 0 Å². The van der Waals surface area contributed by atoms with E-state index in [1.807, 2.05) is 0 Å². The molecule has 0 nitrogen and oxygen atoms in total. The Labute approximate surface area is 408 Å². The van der Waals surface area contributed by atoms with Gasteiger partial charge in [0.15, 0.2) is 0 Å². The summed E-state index contributed by atoms with van der Waals surface area (Å²) in [5.41, 5.74) is 10.4. The zero-order valence-electron chi connectivity index (χ0n) is 40.5. The number of fused-ring (bicyclic) bond motifs is 2. The van der Waals surface area contributed by atoms with Crippen molar-refractivity contribution in [3.05, 3.63) is 126 Å². The van der Waals surface area contributed by atoms with Crippen LogP contribution in [0.25, 0.3) is 21.5 Å². The molecule has 0 aromatic heterocycles. The number of halogens is 2. The molecular formula is C62H80Br2.